The van der Waals surface area contributed by atoms with E-state index in [2.05, 4.69) is 5.32 Å². The van der Waals surface area contributed by atoms with E-state index in [1.54, 1.807) is 12.1 Å². The molecule has 0 aliphatic heterocycles. The summed E-state index contributed by atoms with van der Waals surface area (Å²) in [5.41, 5.74) is 0.908. The van der Waals surface area contributed by atoms with Crippen LogP contribution in [0.25, 0.3) is 6.08 Å². The van der Waals surface area contributed by atoms with Crippen molar-refractivity contribution in [3.05, 3.63) is 75.8 Å². The number of para-hydroxylation sites is 1. The molecule has 0 spiro atoms. The molecule has 2 aromatic rings. The summed E-state index contributed by atoms with van der Waals surface area (Å²) in [6, 6.07) is 11.8. The van der Waals surface area contributed by atoms with Gasteiger partial charge < -0.3 is 5.32 Å². The first-order valence-corrected chi connectivity index (χ1v) is 8.63. The second kappa shape index (κ2) is 7.69. The smallest absolute Gasteiger partial charge is 0.276 e. The van der Waals surface area contributed by atoms with Crippen LogP contribution in [-0.4, -0.2) is 19.2 Å². The molecule has 0 heterocycles. The van der Waals surface area contributed by atoms with Crippen LogP contribution in [0.3, 0.4) is 0 Å². The van der Waals surface area contributed by atoms with Gasteiger partial charge in [0.1, 0.15) is 0 Å². The van der Waals surface area contributed by atoms with E-state index in [9.17, 15) is 23.3 Å². The maximum atomic E-state index is 11.8. The van der Waals surface area contributed by atoms with E-state index >= 15 is 0 Å². The lowest BCUT2D eigenvalue weighted by Crippen LogP contribution is -2.20. The average molecular weight is 361 g/mol. The Morgan fingerprint density at radius 3 is 2.40 bits per heavy atom. The molecule has 0 unspecified atom stereocenters. The van der Waals surface area contributed by atoms with E-state index in [1.165, 1.54) is 48.6 Å². The summed E-state index contributed by atoms with van der Waals surface area (Å²) in [6.07, 6.45) is 2.55. The number of hydrogen-bond donors (Lipinski definition) is 2. The SMILES string of the molecule is NS(=O)(=O)c1ccc(CNC(=O)/C=C/c2ccccc2[N+](=O)[O-])cc1. The minimum absolute atomic E-state index is 0.0149. The normalized spacial score (nSPS) is 11.4. The van der Waals surface area contributed by atoms with Crippen molar-refractivity contribution < 1.29 is 18.1 Å². The number of nitrogens with zero attached hydrogens (tertiary/aromatic N) is 1. The molecular weight excluding hydrogens is 346 g/mol. The van der Waals surface area contributed by atoms with Gasteiger partial charge in [-0.25, -0.2) is 13.6 Å². The number of sulfonamides is 1. The number of nitro benzene ring substituents is 1. The summed E-state index contributed by atoms with van der Waals surface area (Å²) in [5.74, 6) is -0.436. The Balaban J connectivity index is 1.98. The summed E-state index contributed by atoms with van der Waals surface area (Å²) < 4.78 is 22.3. The number of amides is 1. The molecule has 25 heavy (non-hydrogen) atoms. The summed E-state index contributed by atoms with van der Waals surface area (Å²) in [4.78, 5) is 22.2. The fraction of sp³-hybridized carbons (Fsp3) is 0.0625. The van der Waals surface area contributed by atoms with E-state index < -0.39 is 20.9 Å². The molecule has 0 saturated heterocycles. The van der Waals surface area contributed by atoms with Crippen LogP contribution >= 0.6 is 0 Å². The summed E-state index contributed by atoms with van der Waals surface area (Å²) >= 11 is 0. The van der Waals surface area contributed by atoms with E-state index in [0.717, 1.165) is 0 Å². The van der Waals surface area contributed by atoms with E-state index in [-0.39, 0.29) is 17.1 Å². The van der Waals surface area contributed by atoms with Gasteiger partial charge in [-0.2, -0.15) is 0 Å². The summed E-state index contributed by atoms with van der Waals surface area (Å²) in [7, 11) is -3.75. The molecule has 3 N–H and O–H groups in total. The molecule has 2 rings (SSSR count). The van der Waals surface area contributed by atoms with E-state index in [4.69, 9.17) is 5.14 Å². The highest BCUT2D eigenvalue weighted by atomic mass is 32.2. The lowest BCUT2D eigenvalue weighted by molar-refractivity contribution is -0.385. The average Bonchev–Trinajstić information content (AvgIpc) is 2.58. The maximum Gasteiger partial charge on any atom is 0.276 e. The number of benzene rings is 2. The number of nitrogens with one attached hydrogen (secondary N) is 1. The van der Waals surface area contributed by atoms with Crippen LogP contribution in [-0.2, 0) is 21.4 Å². The molecule has 0 aliphatic carbocycles. The third-order valence-corrected chi connectivity index (χ3v) is 4.20. The number of carbonyl (C=O) groups excluding carboxylic acids is 1. The third-order valence-electron chi connectivity index (χ3n) is 3.27. The number of carbonyl (C=O) groups is 1. The molecule has 1 amide bonds. The lowest BCUT2D eigenvalue weighted by atomic mass is 10.1. The maximum absolute atomic E-state index is 11.8. The Bertz CT molecular complexity index is 921. The van der Waals surface area contributed by atoms with Gasteiger partial charge in [0, 0.05) is 18.7 Å². The van der Waals surface area contributed by atoms with Crippen molar-refractivity contribution in [3.8, 4) is 0 Å². The van der Waals surface area contributed by atoms with Gasteiger partial charge in [0.2, 0.25) is 15.9 Å². The number of rotatable bonds is 6. The Kier molecular flexibility index (Phi) is 5.63. The number of nitro groups is 1. The fourth-order valence-corrected chi connectivity index (χ4v) is 2.52. The molecule has 0 atom stereocenters. The third kappa shape index (κ3) is 5.23. The van der Waals surface area contributed by atoms with Crippen LogP contribution in [0.4, 0.5) is 5.69 Å². The molecule has 9 heteroatoms. The van der Waals surface area contributed by atoms with Crippen molar-refractivity contribution in [3.63, 3.8) is 0 Å². The zero-order valence-electron chi connectivity index (χ0n) is 13.0. The quantitative estimate of drug-likeness (QED) is 0.458. The number of hydrogen-bond acceptors (Lipinski definition) is 5. The second-order valence-electron chi connectivity index (χ2n) is 5.06. The van der Waals surface area contributed by atoms with Gasteiger partial charge in [0.05, 0.1) is 15.4 Å². The summed E-state index contributed by atoms with van der Waals surface area (Å²) in [5, 5.41) is 18.5. The first kappa shape index (κ1) is 18.3. The zero-order chi connectivity index (χ0) is 18.4. The molecule has 8 nitrogen and oxygen atoms in total. The standard InChI is InChI=1S/C16H15N3O5S/c17-25(23,24)14-8-5-12(6-9-14)11-18-16(20)10-7-13-3-1-2-4-15(13)19(21)22/h1-10H,11H2,(H,18,20)(H2,17,23,24)/b10-7+. The molecule has 130 valence electrons. The van der Waals surface area contributed by atoms with Crippen LogP contribution in [0, 0.1) is 10.1 Å². The largest absolute Gasteiger partial charge is 0.348 e. The Morgan fingerprint density at radius 2 is 1.80 bits per heavy atom. The van der Waals surface area contributed by atoms with Gasteiger partial charge in [0.25, 0.3) is 5.69 Å². The lowest BCUT2D eigenvalue weighted by Gasteiger charge is -2.04. The first-order valence-electron chi connectivity index (χ1n) is 7.08. The van der Waals surface area contributed by atoms with Crippen molar-refractivity contribution in [2.75, 3.05) is 0 Å². The zero-order valence-corrected chi connectivity index (χ0v) is 13.8. The van der Waals surface area contributed by atoms with Crippen molar-refractivity contribution in [2.45, 2.75) is 11.4 Å². The van der Waals surface area contributed by atoms with Gasteiger partial charge >= 0.3 is 0 Å². The highest BCUT2D eigenvalue weighted by Crippen LogP contribution is 2.18. The van der Waals surface area contributed by atoms with Gasteiger partial charge in [-0.3, -0.25) is 14.9 Å². The van der Waals surface area contributed by atoms with Crippen LogP contribution in [0.15, 0.2) is 59.5 Å². The molecule has 0 fully saturated rings. The van der Waals surface area contributed by atoms with Gasteiger partial charge in [-0.1, -0.05) is 24.3 Å². The predicted octanol–water partition coefficient (Wildman–Crippen LogP) is 1.57. The molecule has 0 aromatic heterocycles. The van der Waals surface area contributed by atoms with Crippen LogP contribution in [0.1, 0.15) is 11.1 Å². The Hall–Kier alpha value is -3.04. The van der Waals surface area contributed by atoms with Crippen molar-refractivity contribution in [1.82, 2.24) is 5.32 Å². The predicted molar refractivity (Wildman–Crippen MR) is 91.8 cm³/mol. The number of primary sulfonamides is 1. The van der Waals surface area contributed by atoms with Gasteiger partial charge in [0.15, 0.2) is 0 Å². The van der Waals surface area contributed by atoms with Crippen molar-refractivity contribution >= 4 is 27.7 Å². The van der Waals surface area contributed by atoms with Crippen LogP contribution in [0.5, 0.6) is 0 Å². The molecule has 2 aromatic carbocycles. The van der Waals surface area contributed by atoms with E-state index in [1.807, 2.05) is 0 Å². The minimum atomic E-state index is -3.75. The topological polar surface area (TPSA) is 132 Å². The molecular formula is C16H15N3O5S. The fourth-order valence-electron chi connectivity index (χ4n) is 2.01. The second-order valence-corrected chi connectivity index (χ2v) is 6.62. The molecule has 0 bridgehead atoms. The highest BCUT2D eigenvalue weighted by Gasteiger charge is 2.10. The Labute approximate surface area is 144 Å². The van der Waals surface area contributed by atoms with Crippen LogP contribution < -0.4 is 10.5 Å². The van der Waals surface area contributed by atoms with Gasteiger partial charge in [-0.15, -0.1) is 0 Å². The van der Waals surface area contributed by atoms with E-state index in [0.29, 0.717) is 11.1 Å². The first-order chi connectivity index (χ1) is 11.8. The van der Waals surface area contributed by atoms with Crippen LogP contribution in [0.2, 0.25) is 0 Å². The van der Waals surface area contributed by atoms with Crippen molar-refractivity contribution in [1.29, 1.82) is 0 Å². The van der Waals surface area contributed by atoms with Gasteiger partial charge in [-0.05, 0) is 29.8 Å². The monoisotopic (exact) mass is 361 g/mol. The Morgan fingerprint density at radius 1 is 1.16 bits per heavy atom. The highest BCUT2D eigenvalue weighted by molar-refractivity contribution is 7.89. The molecule has 0 radical (unpaired) electrons. The summed E-state index contributed by atoms with van der Waals surface area (Å²) in [6.45, 7) is 0.172. The minimum Gasteiger partial charge on any atom is -0.348 e. The molecule has 0 aliphatic rings. The van der Waals surface area contributed by atoms with Crippen molar-refractivity contribution in [2.24, 2.45) is 5.14 Å². The molecule has 0 saturated carbocycles. The number of nitrogens with two attached hydrogens (primary N) is 1.